The molecular formula is C15H28N2O. The largest absolute Gasteiger partial charge is 0.340 e. The molecule has 2 atom stereocenters. The van der Waals surface area contributed by atoms with Crippen molar-refractivity contribution in [3.05, 3.63) is 0 Å². The molecule has 2 unspecified atom stereocenters. The third-order valence-corrected chi connectivity index (χ3v) is 4.92. The molecule has 0 bridgehead atoms. The predicted octanol–water partition coefficient (Wildman–Crippen LogP) is 2.54. The first-order valence-electron chi connectivity index (χ1n) is 7.78. The van der Waals surface area contributed by atoms with Gasteiger partial charge in [0.25, 0.3) is 0 Å². The number of hydrogen-bond acceptors (Lipinski definition) is 2. The highest BCUT2D eigenvalue weighted by atomic mass is 16.2. The van der Waals surface area contributed by atoms with E-state index in [1.54, 1.807) is 0 Å². The molecule has 2 N–H and O–H groups in total. The van der Waals surface area contributed by atoms with E-state index in [0.29, 0.717) is 24.4 Å². The predicted molar refractivity (Wildman–Crippen MR) is 74.1 cm³/mol. The number of carbonyl (C=O) groups excluding carboxylic acids is 1. The summed E-state index contributed by atoms with van der Waals surface area (Å²) in [6.07, 6.45) is 9.66. The summed E-state index contributed by atoms with van der Waals surface area (Å²) in [6.45, 7) is 3.67. The van der Waals surface area contributed by atoms with E-state index in [0.717, 1.165) is 19.4 Å². The first-order valence-corrected chi connectivity index (χ1v) is 7.78. The highest BCUT2D eigenvalue weighted by molar-refractivity contribution is 5.79. The highest BCUT2D eigenvalue weighted by Crippen LogP contribution is 2.33. The third-order valence-electron chi connectivity index (χ3n) is 4.92. The zero-order chi connectivity index (χ0) is 13.0. The maximum atomic E-state index is 12.8. The summed E-state index contributed by atoms with van der Waals surface area (Å²) in [7, 11) is 0. The molecule has 0 spiro atoms. The van der Waals surface area contributed by atoms with Crippen molar-refractivity contribution >= 4 is 5.91 Å². The van der Waals surface area contributed by atoms with Crippen molar-refractivity contribution in [2.24, 2.45) is 17.6 Å². The molecule has 0 aromatic heterocycles. The van der Waals surface area contributed by atoms with Crippen LogP contribution < -0.4 is 5.73 Å². The Morgan fingerprint density at radius 2 is 1.72 bits per heavy atom. The zero-order valence-electron chi connectivity index (χ0n) is 11.7. The molecule has 1 amide bonds. The van der Waals surface area contributed by atoms with Gasteiger partial charge in [-0.05, 0) is 45.1 Å². The minimum atomic E-state index is 0.212. The van der Waals surface area contributed by atoms with Crippen molar-refractivity contribution in [2.75, 3.05) is 13.1 Å². The van der Waals surface area contributed by atoms with Gasteiger partial charge in [0.15, 0.2) is 0 Å². The van der Waals surface area contributed by atoms with Crippen LogP contribution in [-0.4, -0.2) is 29.9 Å². The summed E-state index contributed by atoms with van der Waals surface area (Å²) in [5, 5.41) is 0. The number of carbonyl (C=O) groups is 1. The number of nitrogens with two attached hydrogens (primary N) is 1. The fourth-order valence-electron chi connectivity index (χ4n) is 3.84. The average molecular weight is 252 g/mol. The van der Waals surface area contributed by atoms with Crippen LogP contribution in [0.25, 0.3) is 0 Å². The number of rotatable bonds is 4. The SMILES string of the molecule is CCN(C(=O)C1CCCCC1CN)C1CCCC1. The van der Waals surface area contributed by atoms with Gasteiger partial charge in [-0.3, -0.25) is 4.79 Å². The molecule has 2 rings (SSSR count). The Morgan fingerprint density at radius 3 is 2.33 bits per heavy atom. The van der Waals surface area contributed by atoms with Gasteiger partial charge in [0.2, 0.25) is 5.91 Å². The lowest BCUT2D eigenvalue weighted by atomic mass is 9.78. The van der Waals surface area contributed by atoms with Gasteiger partial charge < -0.3 is 10.6 Å². The maximum Gasteiger partial charge on any atom is 0.226 e. The van der Waals surface area contributed by atoms with Gasteiger partial charge in [-0.2, -0.15) is 0 Å². The van der Waals surface area contributed by atoms with Gasteiger partial charge in [0.05, 0.1) is 0 Å². The van der Waals surface area contributed by atoms with Gasteiger partial charge in [0, 0.05) is 18.5 Å². The lowest BCUT2D eigenvalue weighted by Crippen LogP contribution is -2.46. The Kier molecular flexibility index (Phi) is 5.04. The van der Waals surface area contributed by atoms with Gasteiger partial charge in [0.1, 0.15) is 0 Å². The lowest BCUT2D eigenvalue weighted by Gasteiger charge is -2.36. The van der Waals surface area contributed by atoms with Crippen LogP contribution in [0.2, 0.25) is 0 Å². The molecule has 3 heteroatoms. The summed E-state index contributed by atoms with van der Waals surface area (Å²) in [4.78, 5) is 14.9. The van der Waals surface area contributed by atoms with Crippen LogP contribution in [0.3, 0.4) is 0 Å². The van der Waals surface area contributed by atoms with E-state index in [9.17, 15) is 4.79 Å². The van der Waals surface area contributed by atoms with E-state index < -0.39 is 0 Å². The van der Waals surface area contributed by atoms with Crippen LogP contribution in [0.4, 0.5) is 0 Å². The Labute approximate surface area is 111 Å². The zero-order valence-corrected chi connectivity index (χ0v) is 11.7. The quantitative estimate of drug-likeness (QED) is 0.835. The lowest BCUT2D eigenvalue weighted by molar-refractivity contribution is -0.140. The van der Waals surface area contributed by atoms with E-state index >= 15 is 0 Å². The summed E-state index contributed by atoms with van der Waals surface area (Å²) in [5.74, 6) is 1.05. The second-order valence-electron chi connectivity index (χ2n) is 5.95. The fraction of sp³-hybridized carbons (Fsp3) is 0.933. The van der Waals surface area contributed by atoms with E-state index in [2.05, 4.69) is 11.8 Å². The van der Waals surface area contributed by atoms with Crippen molar-refractivity contribution < 1.29 is 4.79 Å². The highest BCUT2D eigenvalue weighted by Gasteiger charge is 2.35. The molecule has 2 aliphatic rings. The summed E-state index contributed by atoms with van der Waals surface area (Å²) in [5.41, 5.74) is 5.86. The van der Waals surface area contributed by atoms with Crippen molar-refractivity contribution in [2.45, 2.75) is 64.3 Å². The number of hydrogen-bond donors (Lipinski definition) is 1. The van der Waals surface area contributed by atoms with Gasteiger partial charge >= 0.3 is 0 Å². The average Bonchev–Trinajstić information content (AvgIpc) is 2.93. The monoisotopic (exact) mass is 252 g/mol. The first-order chi connectivity index (χ1) is 8.77. The maximum absolute atomic E-state index is 12.8. The molecule has 0 aromatic carbocycles. The first kappa shape index (κ1) is 13.9. The molecule has 2 saturated carbocycles. The van der Waals surface area contributed by atoms with Crippen LogP contribution >= 0.6 is 0 Å². The van der Waals surface area contributed by atoms with Crippen molar-refractivity contribution in [3.8, 4) is 0 Å². The number of amides is 1. The Hall–Kier alpha value is -0.570. The molecule has 0 aromatic rings. The molecule has 18 heavy (non-hydrogen) atoms. The summed E-state index contributed by atoms with van der Waals surface area (Å²) < 4.78 is 0. The molecule has 2 fully saturated rings. The molecule has 0 saturated heterocycles. The van der Waals surface area contributed by atoms with Crippen molar-refractivity contribution in [3.63, 3.8) is 0 Å². The van der Waals surface area contributed by atoms with E-state index in [1.165, 1.54) is 38.5 Å². The standard InChI is InChI=1S/C15H28N2O/c1-2-17(13-8-4-5-9-13)15(18)14-10-6-3-7-12(14)11-16/h12-14H,2-11,16H2,1H3. The molecule has 3 nitrogen and oxygen atoms in total. The number of nitrogens with zero attached hydrogens (tertiary/aromatic N) is 1. The van der Waals surface area contributed by atoms with Gasteiger partial charge in [-0.25, -0.2) is 0 Å². The molecule has 0 radical (unpaired) electrons. The molecule has 0 heterocycles. The van der Waals surface area contributed by atoms with Crippen LogP contribution in [-0.2, 0) is 4.79 Å². The second-order valence-corrected chi connectivity index (χ2v) is 5.95. The fourth-order valence-corrected chi connectivity index (χ4v) is 3.84. The van der Waals surface area contributed by atoms with E-state index in [-0.39, 0.29) is 5.92 Å². The smallest absolute Gasteiger partial charge is 0.226 e. The Balaban J connectivity index is 2.02. The Morgan fingerprint density at radius 1 is 1.11 bits per heavy atom. The van der Waals surface area contributed by atoms with Crippen molar-refractivity contribution in [1.82, 2.24) is 4.90 Å². The summed E-state index contributed by atoms with van der Waals surface area (Å²) >= 11 is 0. The summed E-state index contributed by atoms with van der Waals surface area (Å²) in [6, 6.07) is 0.517. The second kappa shape index (κ2) is 6.55. The minimum Gasteiger partial charge on any atom is -0.340 e. The van der Waals surface area contributed by atoms with Gasteiger partial charge in [-0.1, -0.05) is 25.7 Å². The molecule has 0 aliphatic heterocycles. The minimum absolute atomic E-state index is 0.212. The van der Waals surface area contributed by atoms with Crippen LogP contribution in [0.15, 0.2) is 0 Å². The Bertz CT molecular complexity index is 268. The van der Waals surface area contributed by atoms with Crippen LogP contribution in [0, 0.1) is 11.8 Å². The van der Waals surface area contributed by atoms with E-state index in [1.807, 2.05) is 0 Å². The van der Waals surface area contributed by atoms with E-state index in [4.69, 9.17) is 5.73 Å². The normalized spacial score (nSPS) is 29.4. The van der Waals surface area contributed by atoms with Crippen LogP contribution in [0.5, 0.6) is 0 Å². The molecule has 104 valence electrons. The van der Waals surface area contributed by atoms with Crippen molar-refractivity contribution in [1.29, 1.82) is 0 Å². The topological polar surface area (TPSA) is 46.3 Å². The molecule has 2 aliphatic carbocycles. The van der Waals surface area contributed by atoms with Gasteiger partial charge in [-0.15, -0.1) is 0 Å². The van der Waals surface area contributed by atoms with Crippen LogP contribution in [0.1, 0.15) is 58.3 Å². The third kappa shape index (κ3) is 2.87. The molecular weight excluding hydrogens is 224 g/mol.